The van der Waals surface area contributed by atoms with Crippen molar-refractivity contribution < 1.29 is 4.74 Å². The third-order valence-electron chi connectivity index (χ3n) is 2.86. The van der Waals surface area contributed by atoms with Crippen LogP contribution >= 0.6 is 15.9 Å². The van der Waals surface area contributed by atoms with Gasteiger partial charge in [-0.1, -0.05) is 35.8 Å². The molecule has 0 aliphatic heterocycles. The molecule has 1 N–H and O–H groups in total. The smallest absolute Gasteiger partial charge is 0.120 e. The number of nitrogens with one attached hydrogen (secondary N) is 1. The number of nitrogens with zero attached hydrogens (tertiary/aromatic N) is 2. The predicted octanol–water partition coefficient (Wildman–Crippen LogP) is 3.22. The van der Waals surface area contributed by atoms with E-state index in [1.54, 1.807) is 0 Å². The second-order valence-corrected chi connectivity index (χ2v) is 5.80. The van der Waals surface area contributed by atoms with Gasteiger partial charge in [0.15, 0.2) is 0 Å². The Labute approximate surface area is 128 Å². The van der Waals surface area contributed by atoms with Gasteiger partial charge in [-0.15, -0.1) is 0 Å². The van der Waals surface area contributed by atoms with Crippen LogP contribution in [0.25, 0.3) is 0 Å². The first-order chi connectivity index (χ1) is 9.65. The number of benzene rings is 1. The van der Waals surface area contributed by atoms with Gasteiger partial charge in [-0.05, 0) is 24.3 Å². The first-order valence-corrected chi connectivity index (χ1v) is 7.57. The molecular formula is C15H20BrN3O. The summed E-state index contributed by atoms with van der Waals surface area (Å²) in [5, 5.41) is 7.73. The highest BCUT2D eigenvalue weighted by Crippen LogP contribution is 2.17. The Balaban J connectivity index is 1.83. The lowest BCUT2D eigenvalue weighted by atomic mass is 10.3. The van der Waals surface area contributed by atoms with Crippen molar-refractivity contribution in [3.63, 3.8) is 0 Å². The molecule has 1 aromatic carbocycles. The Morgan fingerprint density at radius 2 is 2.20 bits per heavy atom. The van der Waals surface area contributed by atoms with E-state index in [1.165, 1.54) is 5.69 Å². The monoisotopic (exact) mass is 337 g/mol. The minimum atomic E-state index is 0.469. The van der Waals surface area contributed by atoms with Crippen LogP contribution < -0.4 is 10.1 Å². The fraction of sp³-hybridized carbons (Fsp3) is 0.400. The van der Waals surface area contributed by atoms with E-state index in [4.69, 9.17) is 4.74 Å². The largest absolute Gasteiger partial charge is 0.492 e. The fourth-order valence-corrected chi connectivity index (χ4v) is 2.21. The number of halogens is 1. The van der Waals surface area contributed by atoms with Crippen LogP contribution in [0.5, 0.6) is 5.75 Å². The van der Waals surface area contributed by atoms with E-state index in [1.807, 2.05) is 41.2 Å². The normalized spacial score (nSPS) is 11.0. The Kier molecular flexibility index (Phi) is 5.61. The van der Waals surface area contributed by atoms with Crippen molar-refractivity contribution >= 4 is 15.9 Å². The van der Waals surface area contributed by atoms with Crippen molar-refractivity contribution in [2.75, 3.05) is 6.61 Å². The number of aromatic nitrogens is 2. The van der Waals surface area contributed by atoms with Crippen molar-refractivity contribution in [3.05, 3.63) is 46.7 Å². The fourth-order valence-electron chi connectivity index (χ4n) is 1.83. The first kappa shape index (κ1) is 15.1. The van der Waals surface area contributed by atoms with Gasteiger partial charge in [0.2, 0.25) is 0 Å². The Morgan fingerprint density at radius 3 is 2.95 bits per heavy atom. The second-order valence-electron chi connectivity index (χ2n) is 4.89. The van der Waals surface area contributed by atoms with Gasteiger partial charge in [0.1, 0.15) is 12.4 Å². The van der Waals surface area contributed by atoms with Gasteiger partial charge in [0.05, 0.1) is 12.2 Å². The van der Waals surface area contributed by atoms with Crippen LogP contribution in [-0.2, 0) is 13.1 Å². The number of hydrogen-bond donors (Lipinski definition) is 1. The minimum absolute atomic E-state index is 0.469. The van der Waals surface area contributed by atoms with E-state index in [0.717, 1.165) is 23.3 Å². The zero-order valence-electron chi connectivity index (χ0n) is 11.8. The van der Waals surface area contributed by atoms with Crippen molar-refractivity contribution in [1.82, 2.24) is 15.1 Å². The highest BCUT2D eigenvalue weighted by molar-refractivity contribution is 9.10. The highest BCUT2D eigenvalue weighted by Gasteiger charge is 2.03. The lowest BCUT2D eigenvalue weighted by molar-refractivity contribution is 0.288. The molecule has 0 radical (unpaired) electrons. The molecule has 108 valence electrons. The number of rotatable bonds is 7. The van der Waals surface area contributed by atoms with E-state index < -0.39 is 0 Å². The molecule has 1 heterocycles. The molecule has 0 atom stereocenters. The molecule has 0 saturated carbocycles. The summed E-state index contributed by atoms with van der Waals surface area (Å²) in [5.41, 5.74) is 1.18. The van der Waals surface area contributed by atoms with Gasteiger partial charge in [0.25, 0.3) is 0 Å². The molecule has 1 aromatic heterocycles. The predicted molar refractivity (Wildman–Crippen MR) is 83.8 cm³/mol. The molecule has 0 saturated heterocycles. The Morgan fingerprint density at radius 1 is 1.35 bits per heavy atom. The van der Waals surface area contributed by atoms with Crippen LogP contribution in [0.2, 0.25) is 0 Å². The quantitative estimate of drug-likeness (QED) is 0.843. The van der Waals surface area contributed by atoms with Gasteiger partial charge >= 0.3 is 0 Å². The summed E-state index contributed by atoms with van der Waals surface area (Å²) >= 11 is 3.43. The van der Waals surface area contributed by atoms with E-state index in [0.29, 0.717) is 12.6 Å². The van der Waals surface area contributed by atoms with Gasteiger partial charge in [-0.2, -0.15) is 5.10 Å². The van der Waals surface area contributed by atoms with Crippen molar-refractivity contribution in [2.45, 2.75) is 33.0 Å². The molecule has 2 aromatic rings. The minimum Gasteiger partial charge on any atom is -0.492 e. The molecule has 0 aliphatic carbocycles. The number of hydrogen-bond acceptors (Lipinski definition) is 3. The van der Waals surface area contributed by atoms with E-state index in [9.17, 15) is 0 Å². The summed E-state index contributed by atoms with van der Waals surface area (Å²) in [6.07, 6.45) is 1.83. The molecule has 20 heavy (non-hydrogen) atoms. The lowest BCUT2D eigenvalue weighted by Gasteiger charge is -2.11. The third-order valence-corrected chi connectivity index (χ3v) is 3.36. The lowest BCUT2D eigenvalue weighted by Crippen LogP contribution is -2.24. The van der Waals surface area contributed by atoms with Crippen LogP contribution in [0.1, 0.15) is 19.5 Å². The van der Waals surface area contributed by atoms with Crippen molar-refractivity contribution in [1.29, 1.82) is 0 Å². The molecule has 0 spiro atoms. The third kappa shape index (κ3) is 4.65. The van der Waals surface area contributed by atoms with Crippen molar-refractivity contribution in [2.24, 2.45) is 0 Å². The molecular weight excluding hydrogens is 318 g/mol. The van der Waals surface area contributed by atoms with E-state index >= 15 is 0 Å². The maximum atomic E-state index is 5.73. The topological polar surface area (TPSA) is 39.1 Å². The molecule has 0 aliphatic rings. The van der Waals surface area contributed by atoms with Gasteiger partial charge in [-0.25, -0.2) is 0 Å². The van der Waals surface area contributed by atoms with Gasteiger partial charge in [-0.3, -0.25) is 4.68 Å². The van der Waals surface area contributed by atoms with Crippen LogP contribution in [-0.4, -0.2) is 22.4 Å². The van der Waals surface area contributed by atoms with Crippen LogP contribution in [0.4, 0.5) is 0 Å². The molecule has 5 heteroatoms. The molecule has 0 amide bonds. The standard InChI is InChI=1S/C15H20BrN3O/c1-12(2)17-11-14-6-7-18-19(14)8-9-20-15-5-3-4-13(16)10-15/h3-7,10,12,17H,8-9,11H2,1-2H3. The van der Waals surface area contributed by atoms with E-state index in [-0.39, 0.29) is 0 Å². The summed E-state index contributed by atoms with van der Waals surface area (Å²) in [4.78, 5) is 0. The molecule has 0 unspecified atom stereocenters. The zero-order valence-corrected chi connectivity index (χ0v) is 13.4. The Bertz CT molecular complexity index is 539. The first-order valence-electron chi connectivity index (χ1n) is 6.77. The maximum Gasteiger partial charge on any atom is 0.120 e. The van der Waals surface area contributed by atoms with Gasteiger partial charge < -0.3 is 10.1 Å². The average molecular weight is 338 g/mol. The molecule has 0 bridgehead atoms. The van der Waals surface area contributed by atoms with Gasteiger partial charge in [0, 0.05) is 23.3 Å². The summed E-state index contributed by atoms with van der Waals surface area (Å²) in [7, 11) is 0. The molecule has 2 rings (SSSR count). The Hall–Kier alpha value is -1.33. The van der Waals surface area contributed by atoms with Crippen molar-refractivity contribution in [3.8, 4) is 5.75 Å². The summed E-state index contributed by atoms with van der Waals surface area (Å²) in [6, 6.07) is 10.4. The second kappa shape index (κ2) is 7.45. The number of ether oxygens (including phenoxy) is 1. The van der Waals surface area contributed by atoms with Crippen LogP contribution in [0, 0.1) is 0 Å². The summed E-state index contributed by atoms with van der Waals surface area (Å²) in [6.45, 7) is 6.45. The SMILES string of the molecule is CC(C)NCc1ccnn1CCOc1cccc(Br)c1. The van der Waals surface area contributed by atoms with Crippen LogP contribution in [0.15, 0.2) is 41.0 Å². The molecule has 4 nitrogen and oxygen atoms in total. The molecule has 0 fully saturated rings. The average Bonchev–Trinajstić information content (AvgIpc) is 2.84. The van der Waals surface area contributed by atoms with Crippen LogP contribution in [0.3, 0.4) is 0 Å². The highest BCUT2D eigenvalue weighted by atomic mass is 79.9. The maximum absolute atomic E-state index is 5.73. The van der Waals surface area contributed by atoms with E-state index in [2.05, 4.69) is 40.2 Å². The summed E-state index contributed by atoms with van der Waals surface area (Å²) in [5.74, 6) is 0.869. The zero-order chi connectivity index (χ0) is 14.4. The summed E-state index contributed by atoms with van der Waals surface area (Å²) < 4.78 is 8.73.